The second kappa shape index (κ2) is 16.9. The van der Waals surface area contributed by atoms with Crippen LogP contribution in [-0.2, 0) is 14.4 Å². The molecule has 2 aromatic heterocycles. The number of unbranched alkanes of at least 4 members (excludes halogenated alkanes) is 4. The lowest BCUT2D eigenvalue weighted by Crippen LogP contribution is -2.54. The Hall–Kier alpha value is -5.15. The van der Waals surface area contributed by atoms with E-state index in [1.807, 2.05) is 24.5 Å². The van der Waals surface area contributed by atoms with E-state index in [-0.39, 0.29) is 48.3 Å². The second-order valence-corrected chi connectivity index (χ2v) is 14.8. The van der Waals surface area contributed by atoms with Crippen molar-refractivity contribution in [2.24, 2.45) is 0 Å². The number of aromatic nitrogens is 3. The number of likely N-dealkylation sites (tertiary alicyclic amines) is 1. The van der Waals surface area contributed by atoms with Gasteiger partial charge in [-0.15, -0.1) is 0 Å². The minimum atomic E-state index is -1.07. The molecule has 4 aromatic rings. The standard InChI is InChI=1S/C39H43BrN8O6/c40-28-21-43-39(46-35(28)27-20-42-29-13-5-4-11-25(27)29)44-24-10-9-19-47(22-24)18-7-3-1-2-6-17-41-33(50)23-54-31-14-8-12-26-34(31)38(53)48(37(26)52)30-15-16-32(49)45-36(30)51/h4-5,8,11-14,20-21,24,30,42H,1-3,6-7,9-10,15-19,22-23H2,(H,41,50)(H,43,44,46)(H,45,49,51)/t24-,30?/m1/s1. The van der Waals surface area contributed by atoms with E-state index < -0.39 is 29.7 Å². The number of amides is 5. The molecule has 282 valence electrons. The highest BCUT2D eigenvalue weighted by Crippen LogP contribution is 2.34. The van der Waals surface area contributed by atoms with Crippen LogP contribution in [0.1, 0.15) is 78.5 Å². The first-order valence-electron chi connectivity index (χ1n) is 18.6. The van der Waals surface area contributed by atoms with Crippen LogP contribution in [0.25, 0.3) is 22.2 Å². The molecule has 0 spiro atoms. The SMILES string of the molecule is O=C(COc1cccc2c1C(=O)N(C1CCC(=O)NC1=O)C2=O)NCCCCCCCN1CCC[C@@H](Nc2ncc(Br)c(-c3c[nH]c4ccccc34)n2)C1. The molecule has 5 amide bonds. The van der Waals surface area contributed by atoms with Gasteiger partial charge in [0.2, 0.25) is 17.8 Å². The molecule has 2 fully saturated rings. The van der Waals surface area contributed by atoms with Crippen LogP contribution >= 0.6 is 15.9 Å². The minimum Gasteiger partial charge on any atom is -0.483 e. The summed E-state index contributed by atoms with van der Waals surface area (Å²) >= 11 is 3.64. The van der Waals surface area contributed by atoms with Crippen molar-refractivity contribution in [2.45, 2.75) is 69.9 Å². The number of nitrogens with one attached hydrogen (secondary N) is 4. The highest BCUT2D eigenvalue weighted by Gasteiger charge is 2.46. The van der Waals surface area contributed by atoms with Crippen molar-refractivity contribution >= 4 is 62.3 Å². The van der Waals surface area contributed by atoms with Crippen molar-refractivity contribution in [3.8, 4) is 17.0 Å². The lowest BCUT2D eigenvalue weighted by atomic mass is 10.0. The summed E-state index contributed by atoms with van der Waals surface area (Å²) in [6, 6.07) is 12.0. The van der Waals surface area contributed by atoms with Gasteiger partial charge >= 0.3 is 0 Å². The molecular weight excluding hydrogens is 756 g/mol. The summed E-state index contributed by atoms with van der Waals surface area (Å²) in [5.41, 5.74) is 3.09. The predicted molar refractivity (Wildman–Crippen MR) is 205 cm³/mol. The van der Waals surface area contributed by atoms with Crippen molar-refractivity contribution in [1.29, 1.82) is 0 Å². The second-order valence-electron chi connectivity index (χ2n) is 14.0. The first kappa shape index (κ1) is 37.2. The van der Waals surface area contributed by atoms with Crippen molar-refractivity contribution in [3.05, 3.63) is 70.5 Å². The highest BCUT2D eigenvalue weighted by atomic mass is 79.9. The Morgan fingerprint density at radius 3 is 2.67 bits per heavy atom. The Labute approximate surface area is 320 Å². The van der Waals surface area contributed by atoms with Gasteiger partial charge in [-0.25, -0.2) is 9.97 Å². The van der Waals surface area contributed by atoms with Crippen LogP contribution in [0, 0.1) is 0 Å². The zero-order valence-corrected chi connectivity index (χ0v) is 31.5. The lowest BCUT2D eigenvalue weighted by Gasteiger charge is -2.33. The molecule has 54 heavy (non-hydrogen) atoms. The number of nitrogens with zero attached hydrogens (tertiary/aromatic N) is 4. The molecule has 3 aliphatic heterocycles. The molecule has 0 aliphatic carbocycles. The number of benzene rings is 2. The number of hydrogen-bond acceptors (Lipinski definition) is 10. The van der Waals surface area contributed by atoms with E-state index in [2.05, 4.69) is 58.9 Å². The summed E-state index contributed by atoms with van der Waals surface area (Å²) in [6.07, 6.45) is 11.2. The molecule has 2 aromatic carbocycles. The number of H-pyrrole nitrogens is 1. The largest absolute Gasteiger partial charge is 0.483 e. The molecule has 0 saturated carbocycles. The van der Waals surface area contributed by atoms with E-state index in [0.29, 0.717) is 12.5 Å². The summed E-state index contributed by atoms with van der Waals surface area (Å²) < 4.78 is 6.52. The molecule has 14 nitrogen and oxygen atoms in total. The third-order valence-electron chi connectivity index (χ3n) is 10.2. The minimum absolute atomic E-state index is 0.0193. The average Bonchev–Trinajstić information content (AvgIpc) is 3.71. The number of anilines is 1. The number of hydrogen-bond donors (Lipinski definition) is 4. The number of piperidine rings is 2. The third-order valence-corrected chi connectivity index (χ3v) is 10.8. The molecule has 5 heterocycles. The Morgan fingerprint density at radius 2 is 1.80 bits per heavy atom. The Balaban J connectivity index is 0.784. The smallest absolute Gasteiger partial charge is 0.266 e. The maximum absolute atomic E-state index is 13.2. The molecule has 0 bridgehead atoms. The predicted octanol–water partition coefficient (Wildman–Crippen LogP) is 4.81. The van der Waals surface area contributed by atoms with Gasteiger partial charge in [-0.05, 0) is 79.3 Å². The van der Waals surface area contributed by atoms with Crippen LogP contribution in [0.5, 0.6) is 5.75 Å². The van der Waals surface area contributed by atoms with Crippen LogP contribution in [0.2, 0.25) is 0 Å². The fourth-order valence-corrected chi connectivity index (χ4v) is 7.87. The van der Waals surface area contributed by atoms with E-state index in [1.165, 1.54) is 12.1 Å². The van der Waals surface area contributed by atoms with E-state index in [9.17, 15) is 24.0 Å². The molecular formula is C39H43BrN8O6. The summed E-state index contributed by atoms with van der Waals surface area (Å²) in [5, 5.41) is 9.74. The Bertz CT molecular complexity index is 2070. The number of halogens is 1. The summed E-state index contributed by atoms with van der Waals surface area (Å²) in [5.74, 6) is -2.02. The zero-order chi connectivity index (χ0) is 37.6. The summed E-state index contributed by atoms with van der Waals surface area (Å²) in [4.78, 5) is 78.8. The van der Waals surface area contributed by atoms with Gasteiger partial charge in [0.25, 0.3) is 17.7 Å². The number of para-hydroxylation sites is 1. The van der Waals surface area contributed by atoms with Crippen LogP contribution in [0.3, 0.4) is 0 Å². The lowest BCUT2D eigenvalue weighted by molar-refractivity contribution is -0.136. The number of fused-ring (bicyclic) bond motifs is 2. The average molecular weight is 800 g/mol. The first-order valence-corrected chi connectivity index (χ1v) is 19.4. The van der Waals surface area contributed by atoms with E-state index in [0.717, 1.165) is 96.1 Å². The molecule has 4 N–H and O–H groups in total. The van der Waals surface area contributed by atoms with Crippen LogP contribution in [0.4, 0.5) is 5.95 Å². The van der Waals surface area contributed by atoms with Gasteiger partial charge in [0.1, 0.15) is 11.8 Å². The van der Waals surface area contributed by atoms with Gasteiger partial charge in [0.15, 0.2) is 6.61 Å². The number of carbonyl (C=O) groups is 5. The zero-order valence-electron chi connectivity index (χ0n) is 29.9. The van der Waals surface area contributed by atoms with E-state index in [1.54, 1.807) is 6.07 Å². The van der Waals surface area contributed by atoms with E-state index >= 15 is 0 Å². The number of ether oxygens (including phenoxy) is 1. The van der Waals surface area contributed by atoms with Gasteiger partial charge < -0.3 is 25.3 Å². The molecule has 3 aliphatic rings. The number of aromatic amines is 1. The third kappa shape index (κ3) is 8.31. The molecule has 2 atom stereocenters. The van der Waals surface area contributed by atoms with Crippen molar-refractivity contribution in [1.82, 2.24) is 35.4 Å². The fourth-order valence-electron chi connectivity index (χ4n) is 7.47. The van der Waals surface area contributed by atoms with Gasteiger partial charge in [0, 0.05) is 54.4 Å². The molecule has 1 unspecified atom stereocenters. The maximum atomic E-state index is 13.2. The van der Waals surface area contributed by atoms with Gasteiger partial charge in [-0.2, -0.15) is 0 Å². The van der Waals surface area contributed by atoms with Crippen LogP contribution < -0.4 is 20.7 Å². The Morgan fingerprint density at radius 1 is 0.963 bits per heavy atom. The topological polar surface area (TPSA) is 179 Å². The number of imide groups is 2. The summed E-state index contributed by atoms with van der Waals surface area (Å²) in [6.45, 7) is 3.26. The first-order chi connectivity index (χ1) is 26.3. The van der Waals surface area contributed by atoms with E-state index in [4.69, 9.17) is 9.72 Å². The summed E-state index contributed by atoms with van der Waals surface area (Å²) in [7, 11) is 0. The molecule has 7 rings (SSSR count). The number of rotatable bonds is 15. The van der Waals surface area contributed by atoms with Crippen molar-refractivity contribution in [2.75, 3.05) is 38.1 Å². The van der Waals surface area contributed by atoms with Crippen LogP contribution in [0.15, 0.2) is 59.3 Å². The maximum Gasteiger partial charge on any atom is 0.266 e. The van der Waals surface area contributed by atoms with Gasteiger partial charge in [0.05, 0.1) is 21.3 Å². The monoisotopic (exact) mass is 798 g/mol. The van der Waals surface area contributed by atoms with Crippen molar-refractivity contribution in [3.63, 3.8) is 0 Å². The number of carbonyl (C=O) groups excluding carboxylic acids is 5. The highest BCUT2D eigenvalue weighted by molar-refractivity contribution is 9.10. The quantitative estimate of drug-likeness (QED) is 0.0964. The Kier molecular flexibility index (Phi) is 11.6. The van der Waals surface area contributed by atoms with Crippen molar-refractivity contribution < 1.29 is 28.7 Å². The van der Waals surface area contributed by atoms with Crippen LogP contribution in [-0.4, -0.2) is 99.2 Å². The molecule has 2 saturated heterocycles. The normalized spacial score (nSPS) is 18.9. The molecule has 0 radical (unpaired) electrons. The van der Waals surface area contributed by atoms with Gasteiger partial charge in [-0.1, -0.05) is 43.5 Å². The van der Waals surface area contributed by atoms with Gasteiger partial charge in [-0.3, -0.25) is 34.2 Å². The fraction of sp³-hybridized carbons (Fsp3) is 0.410. The molecule has 15 heteroatoms.